The van der Waals surface area contributed by atoms with Crippen molar-refractivity contribution in [2.75, 3.05) is 5.32 Å². The number of rotatable bonds is 4. The van der Waals surface area contributed by atoms with Crippen LogP contribution in [0.5, 0.6) is 0 Å². The van der Waals surface area contributed by atoms with Gasteiger partial charge in [-0.3, -0.25) is 9.78 Å². The van der Waals surface area contributed by atoms with Crippen molar-refractivity contribution in [2.24, 2.45) is 5.92 Å². The fourth-order valence-electron chi connectivity index (χ4n) is 3.16. The molecule has 3 aromatic rings. The quantitative estimate of drug-likeness (QED) is 0.764. The predicted molar refractivity (Wildman–Crippen MR) is 89.7 cm³/mol. The number of nitrogens with one attached hydrogen (secondary N) is 1. The topological polar surface area (TPSA) is 88.2 Å². The number of pyridine rings is 1. The molecule has 2 N–H and O–H groups in total. The van der Waals surface area contributed by atoms with Gasteiger partial charge in [-0.05, 0) is 25.0 Å². The highest BCUT2D eigenvalue weighted by Crippen LogP contribution is 2.38. The Kier molecular flexibility index (Phi) is 3.45. The van der Waals surface area contributed by atoms with Gasteiger partial charge in [0.2, 0.25) is 0 Å². The van der Waals surface area contributed by atoms with Crippen molar-refractivity contribution in [1.29, 1.82) is 0 Å². The smallest absolute Gasteiger partial charge is 0.306 e. The lowest BCUT2D eigenvalue weighted by molar-refractivity contribution is -0.144. The molecule has 6 nitrogen and oxygen atoms in total. The van der Waals surface area contributed by atoms with E-state index in [1.807, 2.05) is 31.3 Å². The monoisotopic (exact) mass is 323 g/mol. The Balaban J connectivity index is 1.74. The van der Waals surface area contributed by atoms with E-state index in [1.165, 1.54) is 0 Å². The van der Waals surface area contributed by atoms with Crippen LogP contribution in [0.3, 0.4) is 0 Å². The Bertz CT molecular complexity index is 913. The van der Waals surface area contributed by atoms with E-state index in [2.05, 4.69) is 15.3 Å². The maximum absolute atomic E-state index is 11.0. The van der Waals surface area contributed by atoms with Crippen molar-refractivity contribution in [3.05, 3.63) is 42.7 Å². The molecule has 1 fully saturated rings. The number of carboxylic acids is 1. The van der Waals surface area contributed by atoms with Crippen LogP contribution in [0.25, 0.3) is 22.1 Å². The van der Waals surface area contributed by atoms with E-state index < -0.39 is 5.97 Å². The lowest BCUT2D eigenvalue weighted by Gasteiger charge is -2.34. The lowest BCUT2D eigenvalue weighted by Crippen LogP contribution is -2.39. The zero-order valence-corrected chi connectivity index (χ0v) is 13.2. The summed E-state index contributed by atoms with van der Waals surface area (Å²) in [5, 5.41) is 14.6. The number of anilines is 1. The molecule has 0 spiro atoms. The molecule has 6 heteroatoms. The van der Waals surface area contributed by atoms with Crippen LogP contribution >= 0.6 is 0 Å². The average Bonchev–Trinajstić information content (AvgIpc) is 2.96. The number of carboxylic acid groups (broad SMARTS) is 1. The molecule has 0 saturated heterocycles. The summed E-state index contributed by atoms with van der Waals surface area (Å²) in [6.45, 7) is 1.81. The summed E-state index contributed by atoms with van der Waals surface area (Å²) in [4.78, 5) is 19.4. The third kappa shape index (κ3) is 2.50. The first kappa shape index (κ1) is 14.7. The summed E-state index contributed by atoms with van der Waals surface area (Å²) in [5.74, 6) is 0.333. The molecule has 2 heterocycles. The first-order chi connectivity index (χ1) is 11.6. The summed E-state index contributed by atoms with van der Waals surface area (Å²) in [5.41, 5.74) is 1.87. The third-order valence-electron chi connectivity index (χ3n) is 4.54. The van der Waals surface area contributed by atoms with Gasteiger partial charge in [0.1, 0.15) is 0 Å². The number of carbonyl (C=O) groups is 1. The zero-order chi connectivity index (χ0) is 16.7. The number of aliphatic carboxylic acids is 1. The number of benzene rings is 1. The van der Waals surface area contributed by atoms with E-state index in [4.69, 9.17) is 9.52 Å². The molecule has 1 aliphatic carbocycles. The number of oxazole rings is 1. The minimum absolute atomic E-state index is 0.146. The van der Waals surface area contributed by atoms with Crippen LogP contribution in [0.2, 0.25) is 0 Å². The molecular weight excluding hydrogens is 306 g/mol. The van der Waals surface area contributed by atoms with Crippen LogP contribution < -0.4 is 5.32 Å². The summed E-state index contributed by atoms with van der Waals surface area (Å²) in [7, 11) is 0. The molecule has 0 aliphatic heterocycles. The number of aryl methyl sites for hydroxylation is 1. The number of hydrogen-bond donors (Lipinski definition) is 2. The highest BCUT2D eigenvalue weighted by molar-refractivity contribution is 6.00. The molecule has 0 unspecified atom stereocenters. The fourth-order valence-corrected chi connectivity index (χ4v) is 3.16. The zero-order valence-electron chi connectivity index (χ0n) is 13.2. The van der Waals surface area contributed by atoms with Gasteiger partial charge in [0.25, 0.3) is 0 Å². The molecule has 0 amide bonds. The number of hydrogen-bond acceptors (Lipinski definition) is 5. The van der Waals surface area contributed by atoms with Gasteiger partial charge < -0.3 is 14.8 Å². The van der Waals surface area contributed by atoms with E-state index in [1.54, 1.807) is 12.4 Å². The van der Waals surface area contributed by atoms with E-state index in [9.17, 15) is 4.79 Å². The van der Waals surface area contributed by atoms with Crippen molar-refractivity contribution < 1.29 is 14.3 Å². The Labute approximate surface area is 138 Å². The minimum atomic E-state index is -0.721. The Morgan fingerprint density at radius 3 is 2.83 bits per heavy atom. The molecule has 24 heavy (non-hydrogen) atoms. The summed E-state index contributed by atoms with van der Waals surface area (Å²) >= 11 is 0. The van der Waals surface area contributed by atoms with Gasteiger partial charge in [-0.1, -0.05) is 6.07 Å². The molecule has 0 atom stereocenters. The molecule has 1 saturated carbocycles. The van der Waals surface area contributed by atoms with E-state index in [-0.39, 0.29) is 12.0 Å². The Morgan fingerprint density at radius 1 is 1.29 bits per heavy atom. The van der Waals surface area contributed by atoms with Gasteiger partial charge in [0, 0.05) is 41.7 Å². The van der Waals surface area contributed by atoms with Crippen LogP contribution in [0.15, 0.2) is 41.2 Å². The highest BCUT2D eigenvalue weighted by atomic mass is 16.4. The Hall–Kier alpha value is -2.89. The molecule has 1 aromatic carbocycles. The molecule has 2 aromatic heterocycles. The van der Waals surface area contributed by atoms with Crippen LogP contribution in [0.1, 0.15) is 18.7 Å². The first-order valence-electron chi connectivity index (χ1n) is 7.90. The summed E-state index contributed by atoms with van der Waals surface area (Å²) in [6, 6.07) is 6.09. The van der Waals surface area contributed by atoms with Crippen LogP contribution in [0.4, 0.5) is 5.69 Å². The largest absolute Gasteiger partial charge is 0.481 e. The number of fused-ring (bicyclic) bond motifs is 1. The van der Waals surface area contributed by atoms with Crippen LogP contribution in [0, 0.1) is 12.8 Å². The average molecular weight is 323 g/mol. The number of nitrogens with zero attached hydrogens (tertiary/aromatic N) is 2. The normalized spacial score (nSPS) is 19.9. The van der Waals surface area contributed by atoms with Crippen molar-refractivity contribution in [3.8, 4) is 11.3 Å². The van der Waals surface area contributed by atoms with Crippen LogP contribution in [-0.4, -0.2) is 27.1 Å². The summed E-state index contributed by atoms with van der Waals surface area (Å²) < 4.78 is 5.69. The highest BCUT2D eigenvalue weighted by Gasteiger charge is 2.35. The predicted octanol–water partition coefficient (Wildman–Crippen LogP) is 3.47. The summed E-state index contributed by atoms with van der Waals surface area (Å²) in [6.07, 6.45) is 6.54. The third-order valence-corrected chi connectivity index (χ3v) is 4.54. The second-order valence-corrected chi connectivity index (χ2v) is 6.18. The van der Waals surface area contributed by atoms with E-state index in [0.717, 1.165) is 22.0 Å². The maximum atomic E-state index is 11.0. The molecule has 1 aliphatic rings. The molecule has 4 rings (SSSR count). The van der Waals surface area contributed by atoms with Gasteiger partial charge in [-0.15, -0.1) is 0 Å². The van der Waals surface area contributed by atoms with Gasteiger partial charge in [0.15, 0.2) is 11.7 Å². The van der Waals surface area contributed by atoms with Crippen molar-refractivity contribution in [1.82, 2.24) is 9.97 Å². The molecule has 122 valence electrons. The van der Waals surface area contributed by atoms with E-state index in [0.29, 0.717) is 24.5 Å². The molecule has 0 radical (unpaired) electrons. The minimum Gasteiger partial charge on any atom is -0.481 e. The first-order valence-corrected chi connectivity index (χ1v) is 7.90. The van der Waals surface area contributed by atoms with Crippen molar-refractivity contribution in [3.63, 3.8) is 0 Å². The Morgan fingerprint density at radius 2 is 2.12 bits per heavy atom. The van der Waals surface area contributed by atoms with Gasteiger partial charge in [-0.25, -0.2) is 4.98 Å². The molecule has 0 bridgehead atoms. The molecular formula is C18H17N3O3. The maximum Gasteiger partial charge on any atom is 0.306 e. The lowest BCUT2D eigenvalue weighted by atomic mass is 9.80. The second-order valence-electron chi connectivity index (χ2n) is 6.18. The van der Waals surface area contributed by atoms with Crippen LogP contribution in [-0.2, 0) is 4.79 Å². The van der Waals surface area contributed by atoms with Gasteiger partial charge in [-0.2, -0.15) is 0 Å². The van der Waals surface area contributed by atoms with Crippen molar-refractivity contribution >= 4 is 22.4 Å². The van der Waals surface area contributed by atoms with Gasteiger partial charge >= 0.3 is 5.97 Å². The van der Waals surface area contributed by atoms with E-state index >= 15 is 0 Å². The van der Waals surface area contributed by atoms with Crippen molar-refractivity contribution in [2.45, 2.75) is 25.8 Å². The fraction of sp³-hybridized carbons (Fsp3) is 0.278. The second kappa shape index (κ2) is 5.63. The SMILES string of the molecule is Cc1ncc(-c2ccc3cnccc3c2NC2CC(C(=O)O)C2)o1. The van der Waals surface area contributed by atoms with Gasteiger partial charge in [0.05, 0.1) is 17.8 Å². The number of aromatic nitrogens is 2. The standard InChI is InChI=1S/C18H17N3O3/c1-10-20-9-16(24-10)15-3-2-11-8-19-5-4-14(11)17(15)21-13-6-12(7-13)18(22)23/h2-5,8-9,12-13,21H,6-7H2,1H3,(H,22,23).